The molecule has 2 aromatic rings. The second-order valence-electron chi connectivity index (χ2n) is 13.5. The predicted octanol–water partition coefficient (Wildman–Crippen LogP) is 4.71. The summed E-state index contributed by atoms with van der Waals surface area (Å²) >= 11 is 0. The number of carbonyl (C=O) groups is 1. The number of amides is 1. The Morgan fingerprint density at radius 2 is 1.87 bits per heavy atom. The van der Waals surface area contributed by atoms with Gasteiger partial charge in [0.15, 0.2) is 0 Å². The summed E-state index contributed by atoms with van der Waals surface area (Å²) < 4.78 is 21.2. The van der Waals surface area contributed by atoms with Crippen LogP contribution in [0.2, 0.25) is 0 Å². The van der Waals surface area contributed by atoms with Gasteiger partial charge in [0.1, 0.15) is 11.6 Å². The lowest BCUT2D eigenvalue weighted by molar-refractivity contribution is -0.128. The van der Waals surface area contributed by atoms with E-state index >= 15 is 0 Å². The van der Waals surface area contributed by atoms with Gasteiger partial charge < -0.3 is 29.2 Å². The highest BCUT2D eigenvalue weighted by Gasteiger charge is 2.33. The smallest absolute Gasteiger partial charge is 0.318 e. The monoisotopic (exact) mass is 644 g/mol. The Bertz CT molecular complexity index is 1490. The van der Waals surface area contributed by atoms with Crippen LogP contribution in [0.25, 0.3) is 0 Å². The summed E-state index contributed by atoms with van der Waals surface area (Å²) in [6, 6.07) is 6.59. The molecule has 2 atom stereocenters. The molecular formula is C36H49FN8O2. The standard InChI is InChI=1S/C36H49FN8O2/c1-4-33(46)45-22-21-44(24-27(45)16-17-38)35-29-13-9-20-43(32-15-14-30(37)28-12-8-19-42(3)34(28)32)25-31(29)39-36(40-35)47-23-6-5-10-26-11-7-18-41(26)2/h4,14-15,26-27H,1,5-13,16,18-25H2,2-3H3/t26-,27+/m1/s1. The molecule has 0 aliphatic carbocycles. The Labute approximate surface area is 278 Å². The van der Waals surface area contributed by atoms with Crippen molar-refractivity contribution in [2.24, 2.45) is 0 Å². The molecular weight excluding hydrogens is 595 g/mol. The molecule has 47 heavy (non-hydrogen) atoms. The van der Waals surface area contributed by atoms with Crippen molar-refractivity contribution in [1.29, 1.82) is 5.26 Å². The summed E-state index contributed by atoms with van der Waals surface area (Å²) in [5, 5.41) is 9.59. The van der Waals surface area contributed by atoms with Gasteiger partial charge in [-0.2, -0.15) is 15.2 Å². The van der Waals surface area contributed by atoms with E-state index < -0.39 is 0 Å². The Morgan fingerprint density at radius 3 is 2.66 bits per heavy atom. The third-order valence-corrected chi connectivity index (χ3v) is 10.5. The fourth-order valence-electron chi connectivity index (χ4n) is 7.97. The number of halogens is 1. The molecule has 0 unspecified atom stereocenters. The number of fused-ring (bicyclic) bond motifs is 2. The Hall–Kier alpha value is -3.91. The molecule has 1 amide bonds. The minimum atomic E-state index is -0.258. The maximum absolute atomic E-state index is 14.9. The van der Waals surface area contributed by atoms with Crippen LogP contribution in [0.1, 0.15) is 68.2 Å². The number of piperazine rings is 1. The largest absolute Gasteiger partial charge is 0.463 e. The Kier molecular flexibility index (Phi) is 10.5. The van der Waals surface area contributed by atoms with Crippen LogP contribution < -0.4 is 19.4 Å². The van der Waals surface area contributed by atoms with Gasteiger partial charge >= 0.3 is 6.01 Å². The second kappa shape index (κ2) is 14.9. The number of unbranched alkanes of at least 4 members (excludes halogenated alkanes) is 1. The fourth-order valence-corrected chi connectivity index (χ4v) is 7.97. The maximum atomic E-state index is 14.9. The van der Waals surface area contributed by atoms with E-state index in [0.29, 0.717) is 44.8 Å². The molecule has 0 spiro atoms. The second-order valence-corrected chi connectivity index (χ2v) is 13.5. The normalized spacial score (nSPS) is 21.6. The predicted molar refractivity (Wildman–Crippen MR) is 183 cm³/mol. The van der Waals surface area contributed by atoms with Crippen molar-refractivity contribution < 1.29 is 13.9 Å². The number of hydrogen-bond acceptors (Lipinski definition) is 9. The SMILES string of the molecule is C=CC(=O)N1CCN(c2nc(OCCCC[C@@H]3CCCN3C)nc3c2CCCN(c2ccc(F)c4c2N(C)CCC4)C3)C[C@@H]1CC#N. The number of anilines is 3. The van der Waals surface area contributed by atoms with E-state index in [1.807, 2.05) is 6.07 Å². The molecule has 2 saturated heterocycles. The third-order valence-electron chi connectivity index (χ3n) is 10.5. The number of rotatable bonds is 10. The van der Waals surface area contributed by atoms with E-state index in [1.165, 1.54) is 31.9 Å². The van der Waals surface area contributed by atoms with Gasteiger partial charge in [-0.05, 0) is 89.6 Å². The van der Waals surface area contributed by atoms with Crippen LogP contribution in [0.3, 0.4) is 0 Å². The summed E-state index contributed by atoms with van der Waals surface area (Å²) in [6.07, 6.45) is 10.7. The van der Waals surface area contributed by atoms with Crippen molar-refractivity contribution in [3.8, 4) is 12.1 Å². The van der Waals surface area contributed by atoms with Gasteiger partial charge in [-0.3, -0.25) is 4.79 Å². The first kappa shape index (κ1) is 33.0. The fraction of sp³-hybridized carbons (Fsp3) is 0.611. The molecule has 6 rings (SSSR count). The Morgan fingerprint density at radius 1 is 1.04 bits per heavy atom. The lowest BCUT2D eigenvalue weighted by Crippen LogP contribution is -2.55. The van der Waals surface area contributed by atoms with Crippen LogP contribution in [0.4, 0.5) is 21.6 Å². The molecule has 0 N–H and O–H groups in total. The van der Waals surface area contributed by atoms with Gasteiger partial charge in [-0.1, -0.05) is 6.58 Å². The average Bonchev–Trinajstić information content (AvgIpc) is 3.36. The summed E-state index contributed by atoms with van der Waals surface area (Å²) in [4.78, 5) is 33.6. The number of likely N-dealkylation sites (tertiary alicyclic amines) is 1. The van der Waals surface area contributed by atoms with Crippen molar-refractivity contribution in [3.63, 3.8) is 0 Å². The molecule has 1 aromatic heterocycles. The topological polar surface area (TPSA) is 92.1 Å². The minimum Gasteiger partial charge on any atom is -0.463 e. The van der Waals surface area contributed by atoms with E-state index in [2.05, 4.69) is 46.3 Å². The van der Waals surface area contributed by atoms with E-state index in [0.717, 1.165) is 85.6 Å². The maximum Gasteiger partial charge on any atom is 0.318 e. The van der Waals surface area contributed by atoms with Crippen LogP contribution in [-0.4, -0.2) is 97.7 Å². The molecule has 252 valence electrons. The molecule has 2 fully saturated rings. The molecule has 1 aromatic carbocycles. The van der Waals surface area contributed by atoms with Crippen molar-refractivity contribution in [2.45, 2.75) is 82.8 Å². The first-order chi connectivity index (χ1) is 22.9. The zero-order valence-electron chi connectivity index (χ0n) is 28.1. The van der Waals surface area contributed by atoms with Gasteiger partial charge in [0.25, 0.3) is 0 Å². The van der Waals surface area contributed by atoms with Crippen LogP contribution in [0, 0.1) is 17.1 Å². The molecule has 10 nitrogen and oxygen atoms in total. The highest BCUT2D eigenvalue weighted by atomic mass is 19.1. The minimum absolute atomic E-state index is 0.133. The summed E-state index contributed by atoms with van der Waals surface area (Å²) in [5.41, 5.74) is 4.84. The molecule has 0 saturated carbocycles. The number of ether oxygens (including phenoxy) is 1. The van der Waals surface area contributed by atoms with E-state index in [9.17, 15) is 14.4 Å². The summed E-state index contributed by atoms with van der Waals surface area (Å²) in [5.74, 6) is 0.556. The van der Waals surface area contributed by atoms with Gasteiger partial charge in [0.05, 0.1) is 48.8 Å². The number of hydrogen-bond donors (Lipinski definition) is 0. The molecule has 0 bridgehead atoms. The number of nitrogens with zero attached hydrogens (tertiary/aromatic N) is 8. The van der Waals surface area contributed by atoms with E-state index in [1.54, 1.807) is 11.0 Å². The number of carbonyl (C=O) groups excluding carboxylic acids is 1. The first-order valence-electron chi connectivity index (χ1n) is 17.4. The Balaban J connectivity index is 1.28. The van der Waals surface area contributed by atoms with Crippen LogP contribution >= 0.6 is 0 Å². The van der Waals surface area contributed by atoms with Crippen LogP contribution in [0.5, 0.6) is 6.01 Å². The first-order valence-corrected chi connectivity index (χ1v) is 17.4. The summed E-state index contributed by atoms with van der Waals surface area (Å²) in [7, 11) is 4.27. The summed E-state index contributed by atoms with van der Waals surface area (Å²) in [6.45, 7) is 9.27. The van der Waals surface area contributed by atoms with Crippen molar-refractivity contribution in [1.82, 2.24) is 19.8 Å². The number of benzene rings is 1. The van der Waals surface area contributed by atoms with E-state index in [-0.39, 0.29) is 24.2 Å². The quantitative estimate of drug-likeness (QED) is 0.269. The van der Waals surface area contributed by atoms with Crippen molar-refractivity contribution in [2.75, 3.05) is 74.7 Å². The highest BCUT2D eigenvalue weighted by Crippen LogP contribution is 2.40. The number of nitriles is 1. The molecule has 4 aliphatic heterocycles. The molecule has 4 aliphatic rings. The number of aromatic nitrogens is 2. The molecule has 0 radical (unpaired) electrons. The zero-order valence-corrected chi connectivity index (χ0v) is 28.1. The average molecular weight is 645 g/mol. The molecule has 5 heterocycles. The lowest BCUT2D eigenvalue weighted by Gasteiger charge is -2.41. The van der Waals surface area contributed by atoms with Crippen molar-refractivity contribution in [3.05, 3.63) is 47.4 Å². The van der Waals surface area contributed by atoms with Gasteiger partial charge in [-0.25, -0.2) is 4.39 Å². The molecule has 11 heteroatoms. The van der Waals surface area contributed by atoms with Gasteiger partial charge in [-0.15, -0.1) is 0 Å². The van der Waals surface area contributed by atoms with Gasteiger partial charge in [0.2, 0.25) is 5.91 Å². The lowest BCUT2D eigenvalue weighted by atomic mass is 9.99. The third kappa shape index (κ3) is 7.18. The van der Waals surface area contributed by atoms with Crippen LogP contribution in [-0.2, 0) is 24.2 Å². The van der Waals surface area contributed by atoms with Gasteiger partial charge in [0, 0.05) is 56.9 Å². The van der Waals surface area contributed by atoms with Crippen LogP contribution in [0.15, 0.2) is 24.8 Å². The zero-order chi connectivity index (χ0) is 32.9. The highest BCUT2D eigenvalue weighted by molar-refractivity contribution is 5.87. The van der Waals surface area contributed by atoms with E-state index in [4.69, 9.17) is 14.7 Å². The van der Waals surface area contributed by atoms with Crippen molar-refractivity contribution >= 4 is 23.1 Å².